The van der Waals surface area contributed by atoms with Crippen molar-refractivity contribution in [1.29, 1.82) is 0 Å². The maximum absolute atomic E-state index is 12.3. The van der Waals surface area contributed by atoms with Crippen LogP contribution in [0.25, 0.3) is 10.9 Å². The molecule has 2 heterocycles. The van der Waals surface area contributed by atoms with Crippen LogP contribution in [0.4, 0.5) is 4.79 Å². The monoisotopic (exact) mass is 282 g/mol. The lowest BCUT2D eigenvalue weighted by Gasteiger charge is -2.26. The van der Waals surface area contributed by atoms with E-state index in [1.807, 2.05) is 0 Å². The van der Waals surface area contributed by atoms with E-state index in [0.29, 0.717) is 42.2 Å². The zero-order valence-corrected chi connectivity index (χ0v) is 10.7. The van der Waals surface area contributed by atoms with Crippen molar-refractivity contribution < 1.29 is 14.1 Å². The molecule has 1 aliphatic rings. The molecule has 1 fully saturated rings. The number of ether oxygens (including phenoxy) is 1. The van der Waals surface area contributed by atoms with Crippen molar-refractivity contribution in [2.75, 3.05) is 26.3 Å². The van der Waals surface area contributed by atoms with Gasteiger partial charge in [0.2, 0.25) is 0 Å². The highest BCUT2D eigenvalue weighted by atomic mass is 35.5. The molecule has 1 aliphatic heterocycles. The molecule has 6 nitrogen and oxygen atoms in total. The van der Waals surface area contributed by atoms with E-state index in [1.54, 1.807) is 17.0 Å². The summed E-state index contributed by atoms with van der Waals surface area (Å²) in [7, 11) is 0. The second-order valence-electron chi connectivity index (χ2n) is 4.22. The average Bonchev–Trinajstić information content (AvgIpc) is 2.76. The van der Waals surface area contributed by atoms with Gasteiger partial charge in [0.05, 0.1) is 18.6 Å². The predicted molar refractivity (Wildman–Crippen MR) is 68.7 cm³/mol. The van der Waals surface area contributed by atoms with Gasteiger partial charge in [0.25, 0.3) is 0 Å². The standard InChI is InChI=1S/C12H11ClN2O4/c13-8-1-2-10-9(7-8)11(16)19-15(10)12(17)14-3-5-18-6-4-14/h1-2,7H,3-6H2. The van der Waals surface area contributed by atoms with E-state index in [-0.39, 0.29) is 6.03 Å². The molecule has 1 aromatic carbocycles. The first kappa shape index (κ1) is 12.3. The van der Waals surface area contributed by atoms with Crippen LogP contribution in [0.1, 0.15) is 0 Å². The Hall–Kier alpha value is -1.79. The molecule has 2 aromatic rings. The summed E-state index contributed by atoms with van der Waals surface area (Å²) in [6.07, 6.45) is 0. The third-order valence-electron chi connectivity index (χ3n) is 3.03. The molecule has 3 rings (SSSR count). The molecule has 0 N–H and O–H groups in total. The summed E-state index contributed by atoms with van der Waals surface area (Å²) in [6, 6.07) is 4.34. The highest BCUT2D eigenvalue weighted by molar-refractivity contribution is 6.31. The van der Waals surface area contributed by atoms with Gasteiger partial charge < -0.3 is 14.2 Å². The van der Waals surface area contributed by atoms with Gasteiger partial charge in [-0.25, -0.2) is 9.59 Å². The highest BCUT2D eigenvalue weighted by Crippen LogP contribution is 2.18. The fourth-order valence-electron chi connectivity index (χ4n) is 2.06. The number of amides is 1. The van der Waals surface area contributed by atoms with Gasteiger partial charge >= 0.3 is 11.7 Å². The lowest BCUT2D eigenvalue weighted by Crippen LogP contribution is -2.42. The molecule has 0 spiro atoms. The van der Waals surface area contributed by atoms with Crippen LogP contribution in [0, 0.1) is 0 Å². The normalized spacial score (nSPS) is 15.9. The Morgan fingerprint density at radius 3 is 2.74 bits per heavy atom. The second-order valence-corrected chi connectivity index (χ2v) is 4.65. The van der Waals surface area contributed by atoms with Gasteiger partial charge in [-0.1, -0.05) is 11.6 Å². The minimum Gasteiger partial charge on any atom is -0.378 e. The molecule has 1 aromatic heterocycles. The summed E-state index contributed by atoms with van der Waals surface area (Å²) >= 11 is 5.83. The number of aromatic nitrogens is 1. The van der Waals surface area contributed by atoms with Crippen molar-refractivity contribution in [1.82, 2.24) is 9.64 Å². The van der Waals surface area contributed by atoms with Crippen LogP contribution in [0.5, 0.6) is 0 Å². The van der Waals surface area contributed by atoms with Crippen LogP contribution in [-0.2, 0) is 4.74 Å². The Labute approximate surface area is 113 Å². The number of carbonyl (C=O) groups excluding carboxylic acids is 1. The number of fused-ring (bicyclic) bond motifs is 1. The fraction of sp³-hybridized carbons (Fsp3) is 0.333. The summed E-state index contributed by atoms with van der Waals surface area (Å²) in [6.45, 7) is 1.94. The molecule has 0 aliphatic carbocycles. The van der Waals surface area contributed by atoms with Gasteiger partial charge in [-0.15, -0.1) is 4.74 Å². The maximum atomic E-state index is 12.3. The van der Waals surface area contributed by atoms with Crippen molar-refractivity contribution in [2.45, 2.75) is 0 Å². The number of benzene rings is 1. The molecule has 7 heteroatoms. The van der Waals surface area contributed by atoms with Crippen LogP contribution in [0.2, 0.25) is 5.02 Å². The highest BCUT2D eigenvalue weighted by Gasteiger charge is 2.22. The van der Waals surface area contributed by atoms with Crippen molar-refractivity contribution in [2.24, 2.45) is 0 Å². The van der Waals surface area contributed by atoms with Gasteiger partial charge in [0.15, 0.2) is 0 Å². The van der Waals surface area contributed by atoms with Crippen LogP contribution in [-0.4, -0.2) is 42.0 Å². The van der Waals surface area contributed by atoms with Gasteiger partial charge in [-0.2, -0.15) is 0 Å². The molecule has 19 heavy (non-hydrogen) atoms. The quantitative estimate of drug-likeness (QED) is 0.735. The van der Waals surface area contributed by atoms with Crippen LogP contribution >= 0.6 is 11.6 Å². The number of rotatable bonds is 0. The number of hydrogen-bond acceptors (Lipinski definition) is 4. The molecular formula is C12H11ClN2O4. The van der Waals surface area contributed by atoms with E-state index < -0.39 is 5.63 Å². The van der Waals surface area contributed by atoms with E-state index in [0.717, 1.165) is 4.74 Å². The van der Waals surface area contributed by atoms with E-state index in [9.17, 15) is 9.59 Å². The van der Waals surface area contributed by atoms with Crippen LogP contribution < -0.4 is 5.63 Å². The zero-order chi connectivity index (χ0) is 13.4. The Morgan fingerprint density at radius 2 is 2.00 bits per heavy atom. The number of halogens is 1. The Kier molecular flexibility index (Phi) is 3.04. The molecule has 0 atom stereocenters. The summed E-state index contributed by atoms with van der Waals surface area (Å²) < 4.78 is 11.2. The Morgan fingerprint density at radius 1 is 1.26 bits per heavy atom. The van der Waals surface area contributed by atoms with E-state index in [4.69, 9.17) is 20.9 Å². The van der Waals surface area contributed by atoms with Gasteiger partial charge in [-0.3, -0.25) is 0 Å². The maximum Gasteiger partial charge on any atom is 0.366 e. The second kappa shape index (κ2) is 4.71. The average molecular weight is 283 g/mol. The van der Waals surface area contributed by atoms with Crippen molar-refractivity contribution in [3.05, 3.63) is 33.6 Å². The van der Waals surface area contributed by atoms with Gasteiger partial charge in [0, 0.05) is 18.1 Å². The van der Waals surface area contributed by atoms with Gasteiger partial charge in [-0.05, 0) is 18.2 Å². The summed E-state index contributed by atoms with van der Waals surface area (Å²) in [5.74, 6) is 0. The van der Waals surface area contributed by atoms with Crippen molar-refractivity contribution in [3.8, 4) is 0 Å². The van der Waals surface area contributed by atoms with Crippen molar-refractivity contribution >= 4 is 28.5 Å². The first-order chi connectivity index (χ1) is 9.16. The van der Waals surface area contributed by atoms with E-state index in [2.05, 4.69) is 0 Å². The fourth-order valence-corrected chi connectivity index (χ4v) is 2.23. The first-order valence-corrected chi connectivity index (χ1v) is 6.23. The summed E-state index contributed by atoms with van der Waals surface area (Å²) in [5, 5.41) is 0.727. The molecular weight excluding hydrogens is 272 g/mol. The number of hydrogen-bond donors (Lipinski definition) is 0. The van der Waals surface area contributed by atoms with Gasteiger partial charge in [0.1, 0.15) is 5.52 Å². The lowest BCUT2D eigenvalue weighted by molar-refractivity contribution is 0.0487. The number of carbonyl (C=O) groups is 1. The summed E-state index contributed by atoms with van der Waals surface area (Å²) in [4.78, 5) is 25.6. The largest absolute Gasteiger partial charge is 0.378 e. The molecule has 0 radical (unpaired) electrons. The van der Waals surface area contributed by atoms with Crippen LogP contribution in [0.15, 0.2) is 27.5 Å². The Balaban J connectivity index is 2.05. The van der Waals surface area contributed by atoms with Crippen molar-refractivity contribution in [3.63, 3.8) is 0 Å². The summed E-state index contributed by atoms with van der Waals surface area (Å²) in [5.41, 5.74) is -0.148. The number of nitrogens with zero attached hydrogens (tertiary/aromatic N) is 2. The molecule has 0 unspecified atom stereocenters. The lowest BCUT2D eigenvalue weighted by atomic mass is 10.2. The molecule has 0 saturated carbocycles. The molecule has 1 amide bonds. The third-order valence-corrected chi connectivity index (χ3v) is 3.26. The SMILES string of the molecule is O=C(N1CCOCC1)n1oc(=O)c2cc(Cl)ccc21. The zero-order valence-electron chi connectivity index (χ0n) is 9.97. The first-order valence-electron chi connectivity index (χ1n) is 5.85. The third kappa shape index (κ3) is 2.13. The molecule has 100 valence electrons. The molecule has 1 saturated heterocycles. The minimum absolute atomic E-state index is 0.300. The predicted octanol–water partition coefficient (Wildman–Crippen LogP) is 1.55. The topological polar surface area (TPSA) is 64.7 Å². The smallest absolute Gasteiger partial charge is 0.366 e. The Bertz CT molecular complexity index is 685. The minimum atomic E-state index is -0.570. The van der Waals surface area contributed by atoms with Crippen LogP contribution in [0.3, 0.4) is 0 Å². The number of morpholine rings is 1. The van der Waals surface area contributed by atoms with E-state index in [1.165, 1.54) is 6.07 Å². The molecule has 0 bridgehead atoms. The van der Waals surface area contributed by atoms with E-state index >= 15 is 0 Å².